The number of hydrogen-bond acceptors (Lipinski definition) is 9. The molecule has 3 rings (SSSR count). The van der Waals surface area contributed by atoms with Gasteiger partial charge in [0.2, 0.25) is 0 Å². The molecule has 10 heteroatoms. The average Bonchev–Trinajstić information content (AvgIpc) is 3.14. The number of ether oxygens (including phenoxy) is 2. The minimum absolute atomic E-state index is 0.317. The second-order valence-electron chi connectivity index (χ2n) is 5.54. The van der Waals surface area contributed by atoms with E-state index in [1.807, 2.05) is 28.8 Å². The quantitative estimate of drug-likeness (QED) is 0.311. The van der Waals surface area contributed by atoms with E-state index in [2.05, 4.69) is 20.2 Å². The maximum absolute atomic E-state index is 11.8. The fourth-order valence-electron chi connectivity index (χ4n) is 2.32. The number of aromatic nitrogens is 5. The Hall–Kier alpha value is -2.59. The van der Waals surface area contributed by atoms with Crippen molar-refractivity contribution in [2.45, 2.75) is 28.2 Å². The van der Waals surface area contributed by atoms with Gasteiger partial charge in [-0.05, 0) is 37.3 Å². The minimum atomic E-state index is -0.413. The van der Waals surface area contributed by atoms with Crippen molar-refractivity contribution in [2.24, 2.45) is 0 Å². The molecule has 146 valence electrons. The van der Waals surface area contributed by atoms with Crippen LogP contribution in [0.4, 0.5) is 0 Å². The Morgan fingerprint density at radius 2 is 1.86 bits per heavy atom. The van der Waals surface area contributed by atoms with Crippen molar-refractivity contribution in [3.63, 3.8) is 0 Å². The van der Waals surface area contributed by atoms with Crippen molar-refractivity contribution in [1.29, 1.82) is 0 Å². The Kier molecular flexibility index (Phi) is 6.88. The van der Waals surface area contributed by atoms with E-state index in [0.717, 1.165) is 17.3 Å². The maximum atomic E-state index is 11.8. The number of hydrogen-bond donors (Lipinski definition) is 0. The maximum Gasteiger partial charge on any atom is 0.318 e. The van der Waals surface area contributed by atoms with Gasteiger partial charge < -0.3 is 9.47 Å². The lowest BCUT2D eigenvalue weighted by Gasteiger charge is -2.12. The molecule has 3 aromatic rings. The van der Waals surface area contributed by atoms with E-state index < -0.39 is 5.25 Å². The molecule has 0 N–H and O–H groups in total. The number of esters is 1. The molecule has 2 heterocycles. The highest BCUT2D eigenvalue weighted by atomic mass is 32.2. The van der Waals surface area contributed by atoms with Crippen molar-refractivity contribution in [3.05, 3.63) is 48.5 Å². The molecule has 0 unspecified atom stereocenters. The molecule has 0 radical (unpaired) electrons. The van der Waals surface area contributed by atoms with Gasteiger partial charge in [0.25, 0.3) is 0 Å². The van der Waals surface area contributed by atoms with Crippen molar-refractivity contribution < 1.29 is 14.3 Å². The largest absolute Gasteiger partial charge is 0.497 e. The molecule has 0 fully saturated rings. The van der Waals surface area contributed by atoms with Gasteiger partial charge in [0, 0.05) is 18.1 Å². The average molecular weight is 418 g/mol. The van der Waals surface area contributed by atoms with Gasteiger partial charge in [0.15, 0.2) is 10.3 Å². The molecule has 0 saturated carbocycles. The molecule has 0 bridgehead atoms. The van der Waals surface area contributed by atoms with E-state index in [1.165, 1.54) is 30.6 Å². The summed E-state index contributed by atoms with van der Waals surface area (Å²) in [7, 11) is 2.99. The van der Waals surface area contributed by atoms with E-state index >= 15 is 0 Å². The Bertz CT molecular complexity index is 919. The van der Waals surface area contributed by atoms with Crippen LogP contribution >= 0.6 is 23.5 Å². The molecule has 0 aliphatic rings. The first-order valence-corrected chi connectivity index (χ1v) is 10.2. The second-order valence-corrected chi connectivity index (χ2v) is 7.79. The number of thioether (sulfide) groups is 2. The van der Waals surface area contributed by atoms with E-state index in [1.54, 1.807) is 32.5 Å². The Balaban J connectivity index is 1.90. The highest BCUT2D eigenvalue weighted by Crippen LogP contribution is 2.29. The highest BCUT2D eigenvalue weighted by Gasteiger charge is 2.21. The molecule has 0 aliphatic heterocycles. The molecular weight excluding hydrogens is 398 g/mol. The highest BCUT2D eigenvalue weighted by molar-refractivity contribution is 8.00. The van der Waals surface area contributed by atoms with Crippen LogP contribution in [0.3, 0.4) is 0 Å². The summed E-state index contributed by atoms with van der Waals surface area (Å²) in [6.07, 6.45) is 3.39. The monoisotopic (exact) mass is 417 g/mol. The summed E-state index contributed by atoms with van der Waals surface area (Å²) >= 11 is 2.76. The molecule has 28 heavy (non-hydrogen) atoms. The van der Waals surface area contributed by atoms with Gasteiger partial charge in [0.1, 0.15) is 16.8 Å². The van der Waals surface area contributed by atoms with Gasteiger partial charge in [0.05, 0.1) is 20.0 Å². The first kappa shape index (κ1) is 20.2. The Morgan fingerprint density at radius 1 is 1.14 bits per heavy atom. The summed E-state index contributed by atoms with van der Waals surface area (Å²) in [5, 5.41) is 9.46. The summed E-state index contributed by atoms with van der Waals surface area (Å²) in [6.45, 7) is 1.77. The topological polar surface area (TPSA) is 92.0 Å². The second kappa shape index (κ2) is 9.56. The number of rotatable bonds is 8. The zero-order valence-corrected chi connectivity index (χ0v) is 17.2. The third-order valence-corrected chi connectivity index (χ3v) is 5.61. The minimum Gasteiger partial charge on any atom is -0.497 e. The van der Waals surface area contributed by atoms with Gasteiger partial charge in [-0.15, -0.1) is 10.2 Å². The van der Waals surface area contributed by atoms with Crippen LogP contribution < -0.4 is 4.74 Å². The normalized spacial score (nSPS) is 11.8. The van der Waals surface area contributed by atoms with Crippen molar-refractivity contribution in [3.8, 4) is 11.4 Å². The molecular formula is C18H19N5O3S2. The summed E-state index contributed by atoms with van der Waals surface area (Å²) in [5.41, 5.74) is 0.870. The molecule has 8 nitrogen and oxygen atoms in total. The molecule has 1 atom stereocenters. The van der Waals surface area contributed by atoms with Crippen LogP contribution in [-0.2, 0) is 15.3 Å². The van der Waals surface area contributed by atoms with Crippen LogP contribution in [0.15, 0.2) is 53.0 Å². The number of nitrogens with zero attached hydrogens (tertiary/aromatic N) is 5. The zero-order chi connectivity index (χ0) is 19.9. The molecule has 2 aromatic heterocycles. The zero-order valence-electron chi connectivity index (χ0n) is 15.6. The van der Waals surface area contributed by atoms with E-state index in [9.17, 15) is 4.79 Å². The van der Waals surface area contributed by atoms with Gasteiger partial charge >= 0.3 is 5.97 Å². The third kappa shape index (κ3) is 4.82. The predicted molar refractivity (Wildman–Crippen MR) is 107 cm³/mol. The lowest BCUT2D eigenvalue weighted by molar-refractivity contribution is -0.139. The van der Waals surface area contributed by atoms with E-state index in [-0.39, 0.29) is 5.97 Å². The van der Waals surface area contributed by atoms with Crippen LogP contribution in [0.2, 0.25) is 0 Å². The van der Waals surface area contributed by atoms with E-state index in [0.29, 0.717) is 16.1 Å². The van der Waals surface area contributed by atoms with Crippen LogP contribution in [0.1, 0.15) is 12.7 Å². The lowest BCUT2D eigenvalue weighted by atomic mass is 10.3. The number of carbonyl (C=O) groups is 1. The first-order chi connectivity index (χ1) is 13.6. The van der Waals surface area contributed by atoms with Crippen molar-refractivity contribution >= 4 is 29.5 Å². The number of methoxy groups -OCH3 is 2. The fraction of sp³-hybridized carbons (Fsp3) is 0.278. The smallest absolute Gasteiger partial charge is 0.318 e. The van der Waals surface area contributed by atoms with Gasteiger partial charge in [-0.3, -0.25) is 9.36 Å². The number of benzene rings is 1. The van der Waals surface area contributed by atoms with Crippen LogP contribution in [0.5, 0.6) is 5.75 Å². The van der Waals surface area contributed by atoms with Crippen LogP contribution in [-0.4, -0.2) is 50.2 Å². The fourth-order valence-corrected chi connectivity index (χ4v) is 3.95. The summed E-state index contributed by atoms with van der Waals surface area (Å²) in [5.74, 6) is 1.68. The van der Waals surface area contributed by atoms with Crippen molar-refractivity contribution in [2.75, 3.05) is 14.2 Å². The third-order valence-electron chi connectivity index (χ3n) is 3.72. The van der Waals surface area contributed by atoms with E-state index in [4.69, 9.17) is 9.47 Å². The molecule has 0 spiro atoms. The lowest BCUT2D eigenvalue weighted by Crippen LogP contribution is -2.15. The number of carbonyl (C=O) groups excluding carboxylic acids is 1. The molecule has 0 amide bonds. The van der Waals surface area contributed by atoms with Crippen molar-refractivity contribution in [1.82, 2.24) is 24.7 Å². The molecule has 0 saturated heterocycles. The summed E-state index contributed by atoms with van der Waals surface area (Å²) in [4.78, 5) is 20.3. The Morgan fingerprint density at radius 3 is 2.50 bits per heavy atom. The summed E-state index contributed by atoms with van der Waals surface area (Å²) in [6, 6.07) is 9.34. The van der Waals surface area contributed by atoms with Gasteiger partial charge in [-0.1, -0.05) is 23.5 Å². The standard InChI is InChI=1S/C18H19N5O3S2/c1-12(16(24)26-3)28-18-22-21-15(11-27-17-19-9-4-10-20-17)23(18)13-5-7-14(25-2)8-6-13/h4-10,12H,11H2,1-3H3/t12-/m1/s1. The van der Waals surface area contributed by atoms with Gasteiger partial charge in [-0.25, -0.2) is 9.97 Å². The van der Waals surface area contributed by atoms with Crippen LogP contribution in [0.25, 0.3) is 5.69 Å². The van der Waals surface area contributed by atoms with Crippen LogP contribution in [0, 0.1) is 0 Å². The molecule has 0 aliphatic carbocycles. The summed E-state index contributed by atoms with van der Waals surface area (Å²) < 4.78 is 12.0. The first-order valence-electron chi connectivity index (χ1n) is 8.35. The molecule has 1 aromatic carbocycles. The predicted octanol–water partition coefficient (Wildman–Crippen LogP) is 3.01. The Labute approximate surface area is 171 Å². The van der Waals surface area contributed by atoms with Gasteiger partial charge in [-0.2, -0.15) is 0 Å². The SMILES string of the molecule is COC(=O)[C@@H](C)Sc1nnc(CSc2ncccn2)n1-c1ccc(OC)cc1.